The molecular weight excluding hydrogens is 252 g/mol. The molecule has 1 amide bonds. The zero-order valence-corrected chi connectivity index (χ0v) is 11.9. The van der Waals surface area contributed by atoms with E-state index in [1.54, 1.807) is 12.1 Å². The Morgan fingerprint density at radius 1 is 1.10 bits per heavy atom. The van der Waals surface area contributed by atoms with Crippen LogP contribution in [0.4, 0.5) is 0 Å². The number of para-hydroxylation sites is 1. The van der Waals surface area contributed by atoms with Crippen LogP contribution in [-0.4, -0.2) is 16.4 Å². The molecule has 0 saturated heterocycles. The molecule has 2 rings (SSSR count). The quantitative estimate of drug-likeness (QED) is 0.930. The van der Waals surface area contributed by atoms with Gasteiger partial charge in [-0.15, -0.1) is 0 Å². The Kier molecular flexibility index (Phi) is 4.03. The van der Waals surface area contributed by atoms with Crippen molar-refractivity contribution in [1.82, 2.24) is 10.3 Å². The summed E-state index contributed by atoms with van der Waals surface area (Å²) in [6, 6.07) is 12.8. The van der Waals surface area contributed by atoms with Gasteiger partial charge in [-0.1, -0.05) is 18.2 Å². The fraction of sp³-hybridized carbons (Fsp3) is 0.250. The molecule has 0 spiro atoms. The standard InChI is InChI=1S/C16H18N2O2/c1-16(2,3)18-15(19)12-9-10-14(17-11-12)20-13-7-5-4-6-8-13/h4-11H,1-3H3,(H,18,19). The van der Waals surface area contributed by atoms with Crippen molar-refractivity contribution in [2.75, 3.05) is 0 Å². The van der Waals surface area contributed by atoms with Crippen LogP contribution >= 0.6 is 0 Å². The van der Waals surface area contributed by atoms with E-state index in [1.807, 2.05) is 51.1 Å². The first-order valence-corrected chi connectivity index (χ1v) is 6.45. The third kappa shape index (κ3) is 4.09. The molecule has 1 aromatic heterocycles. The van der Waals surface area contributed by atoms with Crippen LogP contribution in [0.1, 0.15) is 31.1 Å². The van der Waals surface area contributed by atoms with Gasteiger partial charge in [0.25, 0.3) is 5.91 Å². The minimum atomic E-state index is -0.268. The number of amides is 1. The Morgan fingerprint density at radius 2 is 1.80 bits per heavy atom. The molecule has 0 saturated carbocycles. The van der Waals surface area contributed by atoms with Crippen molar-refractivity contribution in [3.63, 3.8) is 0 Å². The monoisotopic (exact) mass is 270 g/mol. The van der Waals surface area contributed by atoms with E-state index in [9.17, 15) is 4.79 Å². The molecule has 20 heavy (non-hydrogen) atoms. The van der Waals surface area contributed by atoms with Crippen molar-refractivity contribution in [2.24, 2.45) is 0 Å². The number of carbonyl (C=O) groups is 1. The molecule has 0 aliphatic carbocycles. The molecule has 0 aliphatic heterocycles. The Labute approximate surface area is 118 Å². The molecule has 0 aliphatic rings. The van der Waals surface area contributed by atoms with E-state index < -0.39 is 0 Å². The van der Waals surface area contributed by atoms with Gasteiger partial charge in [0.1, 0.15) is 5.75 Å². The Balaban J connectivity index is 2.05. The van der Waals surface area contributed by atoms with Gasteiger partial charge in [-0.05, 0) is 39.0 Å². The lowest BCUT2D eigenvalue weighted by Crippen LogP contribution is -2.40. The van der Waals surface area contributed by atoms with Crippen molar-refractivity contribution in [2.45, 2.75) is 26.3 Å². The van der Waals surface area contributed by atoms with Crippen molar-refractivity contribution in [3.05, 3.63) is 54.2 Å². The normalized spacial score (nSPS) is 10.9. The Morgan fingerprint density at radius 3 is 2.35 bits per heavy atom. The van der Waals surface area contributed by atoms with E-state index in [0.717, 1.165) is 0 Å². The lowest BCUT2D eigenvalue weighted by molar-refractivity contribution is 0.0919. The van der Waals surface area contributed by atoms with Crippen LogP contribution in [0.3, 0.4) is 0 Å². The van der Waals surface area contributed by atoms with Crippen molar-refractivity contribution in [3.8, 4) is 11.6 Å². The number of aromatic nitrogens is 1. The zero-order valence-electron chi connectivity index (χ0n) is 11.9. The minimum Gasteiger partial charge on any atom is -0.439 e. The summed E-state index contributed by atoms with van der Waals surface area (Å²) < 4.78 is 5.57. The maximum absolute atomic E-state index is 11.9. The average Bonchev–Trinajstić information content (AvgIpc) is 2.39. The van der Waals surface area contributed by atoms with Gasteiger partial charge in [-0.25, -0.2) is 4.98 Å². The number of pyridine rings is 1. The smallest absolute Gasteiger partial charge is 0.253 e. The van der Waals surface area contributed by atoms with E-state index >= 15 is 0 Å². The molecule has 1 aromatic carbocycles. The van der Waals surface area contributed by atoms with Gasteiger partial charge in [0.05, 0.1) is 5.56 Å². The molecule has 0 fully saturated rings. The molecule has 1 heterocycles. The van der Waals surface area contributed by atoms with Crippen LogP contribution in [0.5, 0.6) is 11.6 Å². The van der Waals surface area contributed by atoms with E-state index in [2.05, 4.69) is 10.3 Å². The highest BCUT2D eigenvalue weighted by atomic mass is 16.5. The molecule has 0 unspecified atom stereocenters. The summed E-state index contributed by atoms with van der Waals surface area (Å²) in [5, 5.41) is 2.88. The Hall–Kier alpha value is -2.36. The van der Waals surface area contributed by atoms with Crippen LogP contribution in [0.2, 0.25) is 0 Å². The number of nitrogens with one attached hydrogen (secondary N) is 1. The van der Waals surface area contributed by atoms with Gasteiger partial charge in [0.15, 0.2) is 0 Å². The highest BCUT2D eigenvalue weighted by Crippen LogP contribution is 2.18. The molecule has 1 N–H and O–H groups in total. The third-order valence-electron chi connectivity index (χ3n) is 2.45. The largest absolute Gasteiger partial charge is 0.439 e. The second-order valence-corrected chi connectivity index (χ2v) is 5.50. The van der Waals surface area contributed by atoms with Crippen LogP contribution in [-0.2, 0) is 0 Å². The number of hydrogen-bond acceptors (Lipinski definition) is 3. The summed E-state index contributed by atoms with van der Waals surface area (Å²) in [5.41, 5.74) is 0.247. The van der Waals surface area contributed by atoms with Crippen LogP contribution in [0.15, 0.2) is 48.7 Å². The first-order chi connectivity index (χ1) is 9.44. The summed E-state index contributed by atoms with van der Waals surface area (Å²) >= 11 is 0. The van der Waals surface area contributed by atoms with Gasteiger partial charge >= 0.3 is 0 Å². The van der Waals surface area contributed by atoms with Crippen molar-refractivity contribution >= 4 is 5.91 Å². The number of rotatable bonds is 3. The maximum atomic E-state index is 11.9. The topological polar surface area (TPSA) is 51.2 Å². The van der Waals surface area contributed by atoms with Crippen LogP contribution in [0, 0.1) is 0 Å². The first kappa shape index (κ1) is 14.1. The molecule has 4 nitrogen and oxygen atoms in total. The fourth-order valence-corrected chi connectivity index (χ4v) is 1.60. The van der Waals surface area contributed by atoms with E-state index in [-0.39, 0.29) is 11.4 Å². The van der Waals surface area contributed by atoms with Gasteiger partial charge in [-0.3, -0.25) is 4.79 Å². The SMILES string of the molecule is CC(C)(C)NC(=O)c1ccc(Oc2ccccc2)nc1. The molecule has 0 atom stereocenters. The third-order valence-corrected chi connectivity index (χ3v) is 2.45. The minimum absolute atomic E-state index is 0.142. The van der Waals surface area contributed by atoms with Gasteiger partial charge in [0, 0.05) is 17.8 Å². The second-order valence-electron chi connectivity index (χ2n) is 5.50. The Bertz CT molecular complexity index is 572. The number of ether oxygens (including phenoxy) is 1. The van der Waals surface area contributed by atoms with Gasteiger partial charge in [0.2, 0.25) is 5.88 Å². The molecular formula is C16H18N2O2. The van der Waals surface area contributed by atoms with Crippen LogP contribution < -0.4 is 10.1 Å². The van der Waals surface area contributed by atoms with Crippen molar-refractivity contribution < 1.29 is 9.53 Å². The number of nitrogens with zero attached hydrogens (tertiary/aromatic N) is 1. The molecule has 0 radical (unpaired) electrons. The van der Waals surface area contributed by atoms with Crippen LogP contribution in [0.25, 0.3) is 0 Å². The van der Waals surface area contributed by atoms with E-state index in [1.165, 1.54) is 6.20 Å². The lowest BCUT2D eigenvalue weighted by atomic mass is 10.1. The van der Waals surface area contributed by atoms with E-state index in [4.69, 9.17) is 4.74 Å². The molecule has 0 bridgehead atoms. The zero-order chi connectivity index (χ0) is 14.6. The highest BCUT2D eigenvalue weighted by molar-refractivity contribution is 5.94. The van der Waals surface area contributed by atoms with Gasteiger partial charge in [-0.2, -0.15) is 0 Å². The maximum Gasteiger partial charge on any atom is 0.253 e. The number of hydrogen-bond donors (Lipinski definition) is 1. The second kappa shape index (κ2) is 5.74. The number of carbonyl (C=O) groups excluding carboxylic acids is 1. The molecule has 2 aromatic rings. The lowest BCUT2D eigenvalue weighted by Gasteiger charge is -2.20. The summed E-state index contributed by atoms with van der Waals surface area (Å²) in [5.74, 6) is 1.03. The summed E-state index contributed by atoms with van der Waals surface area (Å²) in [6.07, 6.45) is 1.51. The van der Waals surface area contributed by atoms with Gasteiger partial charge < -0.3 is 10.1 Å². The van der Waals surface area contributed by atoms with Crippen molar-refractivity contribution in [1.29, 1.82) is 0 Å². The summed E-state index contributed by atoms with van der Waals surface area (Å²) in [6.45, 7) is 5.81. The predicted octanol–water partition coefficient (Wildman–Crippen LogP) is 3.40. The molecule has 104 valence electrons. The predicted molar refractivity (Wildman–Crippen MR) is 78.0 cm³/mol. The summed E-state index contributed by atoms with van der Waals surface area (Å²) in [4.78, 5) is 16.1. The fourth-order valence-electron chi connectivity index (χ4n) is 1.60. The van der Waals surface area contributed by atoms with E-state index in [0.29, 0.717) is 17.2 Å². The molecule has 4 heteroatoms. The highest BCUT2D eigenvalue weighted by Gasteiger charge is 2.15. The average molecular weight is 270 g/mol. The number of benzene rings is 1. The summed E-state index contributed by atoms with van der Waals surface area (Å²) in [7, 11) is 0. The first-order valence-electron chi connectivity index (χ1n) is 6.45.